The van der Waals surface area contributed by atoms with Crippen molar-refractivity contribution in [2.75, 3.05) is 0 Å². The van der Waals surface area contributed by atoms with E-state index in [0.29, 0.717) is 0 Å². The molecule has 0 unspecified atom stereocenters. The Morgan fingerprint density at radius 3 is 2.56 bits per heavy atom. The van der Waals surface area contributed by atoms with Crippen molar-refractivity contribution in [1.82, 2.24) is 4.98 Å². The van der Waals surface area contributed by atoms with Gasteiger partial charge in [0.05, 0.1) is 5.69 Å². The molecule has 16 heavy (non-hydrogen) atoms. The molecule has 3 heteroatoms. The van der Waals surface area contributed by atoms with Crippen LogP contribution in [0.5, 0.6) is 0 Å². The molecular formula is C13H15NOS. The number of hydrogen-bond donors (Lipinski definition) is 1. The Labute approximate surface area is 99.0 Å². The first-order valence-corrected chi connectivity index (χ1v) is 6.44. The van der Waals surface area contributed by atoms with E-state index in [1.165, 1.54) is 29.7 Å². The van der Waals surface area contributed by atoms with Gasteiger partial charge in [-0.25, -0.2) is 0 Å². The fraction of sp³-hybridized carbons (Fsp3) is 0.308. The number of nitrogens with one attached hydrogen (secondary N) is 1. The average Bonchev–Trinajstić information content (AvgIpc) is 2.74. The molecule has 1 heterocycles. The minimum Gasteiger partial charge on any atom is -0.312 e. The fourth-order valence-electron chi connectivity index (χ4n) is 1.65. The summed E-state index contributed by atoms with van der Waals surface area (Å²) in [6.45, 7) is 2.20. The van der Waals surface area contributed by atoms with Crippen molar-refractivity contribution in [2.45, 2.75) is 26.2 Å². The lowest BCUT2D eigenvalue weighted by Gasteiger charge is -2.01. The van der Waals surface area contributed by atoms with E-state index in [2.05, 4.69) is 36.2 Å². The van der Waals surface area contributed by atoms with Gasteiger partial charge in [-0.2, -0.15) is 0 Å². The third kappa shape index (κ3) is 2.61. The van der Waals surface area contributed by atoms with Crippen molar-refractivity contribution < 1.29 is 0 Å². The quantitative estimate of drug-likeness (QED) is 0.862. The Hall–Kier alpha value is -1.35. The van der Waals surface area contributed by atoms with E-state index < -0.39 is 0 Å². The van der Waals surface area contributed by atoms with Crippen LogP contribution in [0, 0.1) is 0 Å². The number of hydrogen-bond acceptors (Lipinski definition) is 2. The van der Waals surface area contributed by atoms with E-state index in [9.17, 15) is 4.79 Å². The summed E-state index contributed by atoms with van der Waals surface area (Å²) in [4.78, 5) is 13.9. The van der Waals surface area contributed by atoms with Gasteiger partial charge < -0.3 is 4.98 Å². The van der Waals surface area contributed by atoms with Crippen LogP contribution in [0.25, 0.3) is 11.3 Å². The highest BCUT2D eigenvalue weighted by Gasteiger charge is 2.00. The summed E-state index contributed by atoms with van der Waals surface area (Å²) in [5, 5.41) is 1.86. The molecule has 0 atom stereocenters. The summed E-state index contributed by atoms with van der Waals surface area (Å²) in [6, 6.07) is 8.42. The highest BCUT2D eigenvalue weighted by molar-refractivity contribution is 7.07. The molecule has 0 amide bonds. The molecule has 0 spiro atoms. The lowest BCUT2D eigenvalue weighted by molar-refractivity contribution is 0.795. The highest BCUT2D eigenvalue weighted by atomic mass is 32.1. The van der Waals surface area contributed by atoms with Gasteiger partial charge in [0.2, 0.25) is 0 Å². The third-order valence-corrected chi connectivity index (χ3v) is 3.27. The first-order chi connectivity index (χ1) is 7.79. The predicted octanol–water partition coefficient (Wildman–Crippen LogP) is 3.45. The molecule has 0 aliphatic carbocycles. The van der Waals surface area contributed by atoms with E-state index in [1.807, 2.05) is 5.38 Å². The second kappa shape index (κ2) is 5.12. The summed E-state index contributed by atoms with van der Waals surface area (Å²) in [7, 11) is 0. The zero-order chi connectivity index (χ0) is 11.4. The summed E-state index contributed by atoms with van der Waals surface area (Å²) in [5.41, 5.74) is 3.36. The van der Waals surface area contributed by atoms with Crippen molar-refractivity contribution >= 4 is 11.3 Å². The maximum absolute atomic E-state index is 11.0. The van der Waals surface area contributed by atoms with Gasteiger partial charge in [0.25, 0.3) is 0 Å². The number of H-pyrrole nitrogens is 1. The van der Waals surface area contributed by atoms with Gasteiger partial charge in [0, 0.05) is 5.38 Å². The first-order valence-electron chi connectivity index (χ1n) is 5.56. The molecule has 2 rings (SSSR count). The largest absolute Gasteiger partial charge is 0.312 e. The molecule has 0 aliphatic heterocycles. The Morgan fingerprint density at radius 1 is 1.25 bits per heavy atom. The maximum Gasteiger partial charge on any atom is 0.304 e. The molecule has 0 saturated carbocycles. The Morgan fingerprint density at radius 2 is 2.00 bits per heavy atom. The maximum atomic E-state index is 11.0. The molecule has 1 aromatic heterocycles. The number of aromatic amines is 1. The minimum atomic E-state index is 0.00468. The van der Waals surface area contributed by atoms with Gasteiger partial charge in [0.1, 0.15) is 0 Å². The summed E-state index contributed by atoms with van der Waals surface area (Å²) < 4.78 is 0. The molecule has 1 N–H and O–H groups in total. The lowest BCUT2D eigenvalue weighted by Crippen LogP contribution is -1.92. The van der Waals surface area contributed by atoms with Crippen molar-refractivity contribution in [3.8, 4) is 11.3 Å². The molecular weight excluding hydrogens is 218 g/mol. The zero-order valence-electron chi connectivity index (χ0n) is 9.32. The average molecular weight is 233 g/mol. The van der Waals surface area contributed by atoms with Crippen molar-refractivity contribution in [1.29, 1.82) is 0 Å². The highest BCUT2D eigenvalue weighted by Crippen LogP contribution is 2.18. The van der Waals surface area contributed by atoms with E-state index >= 15 is 0 Å². The second-order valence-electron chi connectivity index (χ2n) is 3.86. The number of aryl methyl sites for hydroxylation is 1. The van der Waals surface area contributed by atoms with Crippen molar-refractivity contribution in [2.24, 2.45) is 0 Å². The van der Waals surface area contributed by atoms with Crippen LogP contribution < -0.4 is 4.87 Å². The summed E-state index contributed by atoms with van der Waals surface area (Å²) in [6.07, 6.45) is 3.59. The molecule has 0 fully saturated rings. The molecule has 2 nitrogen and oxygen atoms in total. The predicted molar refractivity (Wildman–Crippen MR) is 69.0 cm³/mol. The van der Waals surface area contributed by atoms with Gasteiger partial charge in [-0.15, -0.1) is 0 Å². The number of benzene rings is 1. The van der Waals surface area contributed by atoms with E-state index in [4.69, 9.17) is 0 Å². The van der Waals surface area contributed by atoms with Crippen LogP contribution in [0.3, 0.4) is 0 Å². The van der Waals surface area contributed by atoms with Crippen LogP contribution in [0.2, 0.25) is 0 Å². The lowest BCUT2D eigenvalue weighted by atomic mass is 10.1. The van der Waals surface area contributed by atoms with Gasteiger partial charge in [-0.1, -0.05) is 48.9 Å². The van der Waals surface area contributed by atoms with E-state index in [0.717, 1.165) is 17.7 Å². The van der Waals surface area contributed by atoms with Crippen LogP contribution in [-0.4, -0.2) is 4.98 Å². The molecule has 0 saturated heterocycles. The van der Waals surface area contributed by atoms with Gasteiger partial charge in [-0.3, -0.25) is 4.79 Å². The van der Waals surface area contributed by atoms with Gasteiger partial charge in [-0.05, 0) is 24.0 Å². The molecule has 0 aliphatic rings. The molecule has 0 radical (unpaired) electrons. The van der Waals surface area contributed by atoms with E-state index in [1.54, 1.807) is 0 Å². The number of unbranched alkanes of at least 4 members (excludes halogenated alkanes) is 1. The Balaban J connectivity index is 2.16. The number of rotatable bonds is 4. The SMILES string of the molecule is CCCCc1ccc(-c2csc(=O)[nH]2)cc1. The van der Waals surface area contributed by atoms with Crippen LogP contribution in [0.15, 0.2) is 34.4 Å². The number of thiazole rings is 1. The molecule has 84 valence electrons. The van der Waals surface area contributed by atoms with Crippen LogP contribution in [0.1, 0.15) is 25.3 Å². The number of aromatic nitrogens is 1. The summed E-state index contributed by atoms with van der Waals surface area (Å²) in [5.74, 6) is 0. The second-order valence-corrected chi connectivity index (χ2v) is 4.70. The van der Waals surface area contributed by atoms with Crippen LogP contribution >= 0.6 is 11.3 Å². The first kappa shape index (κ1) is 11.1. The van der Waals surface area contributed by atoms with Crippen molar-refractivity contribution in [3.05, 3.63) is 44.9 Å². The van der Waals surface area contributed by atoms with Crippen LogP contribution in [-0.2, 0) is 6.42 Å². The fourth-order valence-corrected chi connectivity index (χ4v) is 2.24. The Bertz CT molecular complexity index is 495. The topological polar surface area (TPSA) is 32.9 Å². The third-order valence-electron chi connectivity index (χ3n) is 2.60. The molecule has 1 aromatic carbocycles. The standard InChI is InChI=1S/C13H15NOS/c1-2-3-4-10-5-7-11(8-6-10)12-9-16-13(15)14-12/h5-9H,2-4H2,1H3,(H,14,15). The van der Waals surface area contributed by atoms with E-state index in [-0.39, 0.29) is 4.87 Å². The summed E-state index contributed by atoms with van der Waals surface area (Å²) >= 11 is 1.21. The molecule has 2 aromatic rings. The Kier molecular flexibility index (Phi) is 3.57. The normalized spacial score (nSPS) is 10.6. The monoisotopic (exact) mass is 233 g/mol. The van der Waals surface area contributed by atoms with Gasteiger partial charge >= 0.3 is 4.87 Å². The smallest absolute Gasteiger partial charge is 0.304 e. The van der Waals surface area contributed by atoms with Crippen molar-refractivity contribution in [3.63, 3.8) is 0 Å². The van der Waals surface area contributed by atoms with Gasteiger partial charge in [0.15, 0.2) is 0 Å². The van der Waals surface area contributed by atoms with Crippen LogP contribution in [0.4, 0.5) is 0 Å². The minimum absolute atomic E-state index is 0.00468. The molecule has 0 bridgehead atoms. The zero-order valence-corrected chi connectivity index (χ0v) is 10.1.